The van der Waals surface area contributed by atoms with Gasteiger partial charge in [0, 0.05) is 22.9 Å². The molecule has 0 N–H and O–H groups in total. The first-order valence-electron chi connectivity index (χ1n) is 9.18. The molecule has 8 heteroatoms. The number of thiophene rings is 2. The first-order valence-corrected chi connectivity index (χ1v) is 10.9. The van der Waals surface area contributed by atoms with E-state index in [2.05, 4.69) is 5.10 Å². The average molecular weight is 441 g/mol. The predicted octanol–water partition coefficient (Wildman–Crippen LogP) is 4.88. The van der Waals surface area contributed by atoms with Crippen LogP contribution in [0.4, 0.5) is 4.39 Å². The van der Waals surface area contributed by atoms with Crippen LogP contribution >= 0.6 is 22.7 Å². The third kappa shape index (κ3) is 4.55. The Hall–Kier alpha value is -3.10. The lowest BCUT2D eigenvalue weighted by molar-refractivity contribution is -0.149. The Bertz CT molecular complexity index is 1090. The van der Waals surface area contributed by atoms with Crippen LogP contribution in [0, 0.1) is 5.82 Å². The van der Waals surface area contributed by atoms with Crippen LogP contribution < -0.4 is 0 Å². The SMILES string of the molecule is O=C(/C=C/c1ccccc1F)OCC(=O)N1N=C(c2cccs2)CC1c1cccs1. The summed E-state index contributed by atoms with van der Waals surface area (Å²) >= 11 is 3.12. The molecule has 0 saturated heterocycles. The predicted molar refractivity (Wildman–Crippen MR) is 116 cm³/mol. The summed E-state index contributed by atoms with van der Waals surface area (Å²) in [4.78, 5) is 26.8. The van der Waals surface area contributed by atoms with Gasteiger partial charge in [0.15, 0.2) is 6.61 Å². The Morgan fingerprint density at radius 2 is 1.93 bits per heavy atom. The van der Waals surface area contributed by atoms with Crippen molar-refractivity contribution in [2.75, 3.05) is 6.61 Å². The molecule has 1 unspecified atom stereocenters. The molecule has 3 aromatic rings. The van der Waals surface area contributed by atoms with Gasteiger partial charge in [-0.25, -0.2) is 14.2 Å². The van der Waals surface area contributed by atoms with Crippen LogP contribution in [-0.4, -0.2) is 29.2 Å². The van der Waals surface area contributed by atoms with E-state index in [0.717, 1.165) is 21.5 Å². The van der Waals surface area contributed by atoms with E-state index in [-0.39, 0.29) is 11.6 Å². The van der Waals surface area contributed by atoms with Gasteiger partial charge in [-0.1, -0.05) is 30.3 Å². The Morgan fingerprint density at radius 3 is 2.67 bits per heavy atom. The lowest BCUT2D eigenvalue weighted by atomic mass is 10.1. The number of amides is 1. The van der Waals surface area contributed by atoms with Gasteiger partial charge in [0.2, 0.25) is 0 Å². The number of esters is 1. The smallest absolute Gasteiger partial charge is 0.331 e. The molecule has 1 aromatic carbocycles. The van der Waals surface area contributed by atoms with Crippen LogP contribution in [0.15, 0.2) is 70.5 Å². The standard InChI is InChI=1S/C22H17FN2O3S2/c23-16-6-2-1-5-15(16)9-10-22(27)28-14-21(26)25-18(20-8-4-12-30-20)13-17(24-25)19-7-3-11-29-19/h1-12,18H,13-14H2/b10-9+. The largest absolute Gasteiger partial charge is 0.452 e. The summed E-state index contributed by atoms with van der Waals surface area (Å²) in [6.07, 6.45) is 3.03. The van der Waals surface area contributed by atoms with E-state index in [1.165, 1.54) is 17.2 Å². The molecule has 0 aliphatic carbocycles. The van der Waals surface area contributed by atoms with Crippen molar-refractivity contribution in [2.24, 2.45) is 5.10 Å². The van der Waals surface area contributed by atoms with Crippen molar-refractivity contribution in [1.82, 2.24) is 5.01 Å². The van der Waals surface area contributed by atoms with Gasteiger partial charge >= 0.3 is 5.97 Å². The van der Waals surface area contributed by atoms with Crippen LogP contribution in [0.2, 0.25) is 0 Å². The Kier molecular flexibility index (Phi) is 6.15. The molecule has 152 valence electrons. The molecule has 0 fully saturated rings. The Balaban J connectivity index is 1.43. The maximum absolute atomic E-state index is 13.6. The highest BCUT2D eigenvalue weighted by Crippen LogP contribution is 2.35. The summed E-state index contributed by atoms with van der Waals surface area (Å²) in [6, 6.07) is 13.7. The van der Waals surface area contributed by atoms with E-state index in [4.69, 9.17) is 4.74 Å². The highest BCUT2D eigenvalue weighted by molar-refractivity contribution is 7.12. The second kappa shape index (κ2) is 9.15. The van der Waals surface area contributed by atoms with Crippen LogP contribution in [0.1, 0.15) is 27.8 Å². The van der Waals surface area contributed by atoms with Crippen molar-refractivity contribution in [3.8, 4) is 0 Å². The van der Waals surface area contributed by atoms with Gasteiger partial charge in [-0.15, -0.1) is 22.7 Å². The summed E-state index contributed by atoms with van der Waals surface area (Å²) < 4.78 is 18.7. The highest BCUT2D eigenvalue weighted by Gasteiger charge is 2.34. The Labute approximate surface area is 180 Å². The summed E-state index contributed by atoms with van der Waals surface area (Å²) in [5, 5.41) is 9.82. The van der Waals surface area contributed by atoms with Gasteiger partial charge in [-0.05, 0) is 35.0 Å². The van der Waals surface area contributed by atoms with Crippen LogP contribution in [0.3, 0.4) is 0 Å². The summed E-state index contributed by atoms with van der Waals surface area (Å²) in [7, 11) is 0. The lowest BCUT2D eigenvalue weighted by Gasteiger charge is -2.20. The first-order chi connectivity index (χ1) is 14.6. The quantitative estimate of drug-likeness (QED) is 0.405. The zero-order valence-electron chi connectivity index (χ0n) is 15.7. The van der Waals surface area contributed by atoms with Gasteiger partial charge in [0.05, 0.1) is 16.6 Å². The zero-order chi connectivity index (χ0) is 20.9. The van der Waals surface area contributed by atoms with E-state index in [1.807, 2.05) is 35.0 Å². The van der Waals surface area contributed by atoms with Crippen molar-refractivity contribution < 1.29 is 18.7 Å². The topological polar surface area (TPSA) is 59.0 Å². The molecule has 2 aromatic heterocycles. The highest BCUT2D eigenvalue weighted by atomic mass is 32.1. The third-order valence-electron chi connectivity index (χ3n) is 4.49. The van der Waals surface area contributed by atoms with Gasteiger partial charge in [0.1, 0.15) is 5.82 Å². The minimum Gasteiger partial charge on any atom is -0.452 e. The van der Waals surface area contributed by atoms with Gasteiger partial charge in [-0.2, -0.15) is 5.10 Å². The van der Waals surface area contributed by atoms with Crippen LogP contribution in [0.25, 0.3) is 6.08 Å². The number of carbonyl (C=O) groups is 2. The fourth-order valence-electron chi connectivity index (χ4n) is 3.05. The fraction of sp³-hybridized carbons (Fsp3) is 0.136. The van der Waals surface area contributed by atoms with Crippen molar-refractivity contribution in [3.63, 3.8) is 0 Å². The summed E-state index contributed by atoms with van der Waals surface area (Å²) in [6.45, 7) is -0.441. The number of rotatable bonds is 6. The van der Waals surface area contributed by atoms with Gasteiger partial charge in [0.25, 0.3) is 5.91 Å². The molecule has 0 bridgehead atoms. The molecule has 1 atom stereocenters. The molecular weight excluding hydrogens is 423 g/mol. The van der Waals surface area contributed by atoms with Crippen molar-refractivity contribution in [1.29, 1.82) is 0 Å². The van der Waals surface area contributed by atoms with Gasteiger partial charge < -0.3 is 4.74 Å². The number of hydrogen-bond acceptors (Lipinski definition) is 6. The molecule has 4 rings (SSSR count). The fourth-order valence-corrected chi connectivity index (χ4v) is 4.58. The molecule has 5 nitrogen and oxygen atoms in total. The Morgan fingerprint density at radius 1 is 1.13 bits per heavy atom. The zero-order valence-corrected chi connectivity index (χ0v) is 17.4. The van der Waals surface area contributed by atoms with Crippen LogP contribution in [-0.2, 0) is 14.3 Å². The number of ether oxygens (including phenoxy) is 1. The summed E-state index contributed by atoms with van der Waals surface area (Å²) in [5.74, 6) is -1.57. The maximum Gasteiger partial charge on any atom is 0.331 e. The van der Waals surface area contributed by atoms with E-state index < -0.39 is 24.3 Å². The molecule has 0 spiro atoms. The van der Waals surface area contributed by atoms with E-state index in [9.17, 15) is 14.0 Å². The average Bonchev–Trinajstić information content (AvgIpc) is 3.51. The third-order valence-corrected chi connectivity index (χ3v) is 6.38. The molecule has 0 radical (unpaired) electrons. The van der Waals surface area contributed by atoms with Gasteiger partial charge in [-0.3, -0.25) is 4.79 Å². The van der Waals surface area contributed by atoms with Crippen molar-refractivity contribution in [3.05, 3.63) is 86.5 Å². The van der Waals surface area contributed by atoms with Crippen molar-refractivity contribution >= 4 is 46.3 Å². The van der Waals surface area contributed by atoms with E-state index in [1.54, 1.807) is 40.9 Å². The molecule has 1 aliphatic heterocycles. The molecular formula is C22H17FN2O3S2. The first kappa shape index (κ1) is 20.2. The second-order valence-electron chi connectivity index (χ2n) is 6.46. The number of benzene rings is 1. The molecule has 3 heterocycles. The normalized spacial score (nSPS) is 16.1. The lowest BCUT2D eigenvalue weighted by Crippen LogP contribution is -2.30. The molecule has 0 saturated carbocycles. The second-order valence-corrected chi connectivity index (χ2v) is 8.39. The number of nitrogens with zero attached hydrogens (tertiary/aromatic N) is 2. The minimum atomic E-state index is -0.721. The van der Waals surface area contributed by atoms with Crippen LogP contribution in [0.5, 0.6) is 0 Å². The van der Waals surface area contributed by atoms with E-state index >= 15 is 0 Å². The molecule has 1 amide bonds. The molecule has 30 heavy (non-hydrogen) atoms. The number of halogens is 1. The number of hydrogen-bond donors (Lipinski definition) is 0. The van der Waals surface area contributed by atoms with E-state index in [0.29, 0.717) is 6.42 Å². The number of hydrazone groups is 1. The molecule has 1 aliphatic rings. The summed E-state index contributed by atoms with van der Waals surface area (Å²) in [5.41, 5.74) is 1.10. The monoisotopic (exact) mass is 440 g/mol. The number of carbonyl (C=O) groups excluding carboxylic acids is 2. The minimum absolute atomic E-state index is 0.220. The maximum atomic E-state index is 13.6. The van der Waals surface area contributed by atoms with Crippen molar-refractivity contribution in [2.45, 2.75) is 12.5 Å².